The number of pyridine rings is 1. The summed E-state index contributed by atoms with van der Waals surface area (Å²) < 4.78 is 2.27. The minimum absolute atomic E-state index is 0.0139. The zero-order valence-electron chi connectivity index (χ0n) is 30.7. The molecule has 5 aromatic carbocycles. The van der Waals surface area contributed by atoms with Gasteiger partial charge in [-0.25, -0.2) is 19.9 Å². The van der Waals surface area contributed by atoms with E-state index in [4.69, 9.17) is 19.9 Å². The van der Waals surface area contributed by atoms with E-state index in [2.05, 4.69) is 164 Å². The van der Waals surface area contributed by atoms with Crippen LogP contribution in [0.5, 0.6) is 0 Å². The van der Waals surface area contributed by atoms with E-state index in [-0.39, 0.29) is 5.41 Å². The van der Waals surface area contributed by atoms with Gasteiger partial charge < -0.3 is 9.80 Å². The quantitative estimate of drug-likeness (QED) is 0.173. The lowest BCUT2D eigenvalue weighted by Gasteiger charge is -2.25. The minimum atomic E-state index is -0.0139. The van der Waals surface area contributed by atoms with Gasteiger partial charge in [-0.15, -0.1) is 0 Å². The Kier molecular flexibility index (Phi) is 7.81. The van der Waals surface area contributed by atoms with Crippen LogP contribution in [-0.4, -0.2) is 37.2 Å². The SMILES string of the molecule is CC(C)N1CN(c2cccc(-c3nc(-c4ccccc4)nc(-c4ccc5c6ccccc6n(-c6cc(C(C)(C)C)ccn6)c5c4)n3)c2)c2ccccc21. The van der Waals surface area contributed by atoms with Gasteiger partial charge in [-0.3, -0.25) is 4.57 Å². The topological polar surface area (TPSA) is 63.0 Å². The zero-order chi connectivity index (χ0) is 36.3. The second kappa shape index (κ2) is 12.7. The van der Waals surface area contributed by atoms with Crippen molar-refractivity contribution in [3.05, 3.63) is 145 Å². The van der Waals surface area contributed by atoms with Crippen LogP contribution in [0.2, 0.25) is 0 Å². The third kappa shape index (κ3) is 5.78. The van der Waals surface area contributed by atoms with Gasteiger partial charge in [0.05, 0.1) is 29.1 Å². The van der Waals surface area contributed by atoms with Crippen molar-refractivity contribution in [2.75, 3.05) is 16.5 Å². The molecular weight excluding hydrogens is 651 g/mol. The summed E-state index contributed by atoms with van der Waals surface area (Å²) in [6.07, 6.45) is 1.92. The molecule has 0 aliphatic carbocycles. The molecule has 8 aromatic rings. The van der Waals surface area contributed by atoms with Gasteiger partial charge in [0.1, 0.15) is 5.82 Å². The molecule has 0 saturated carbocycles. The highest BCUT2D eigenvalue weighted by Crippen LogP contribution is 2.42. The molecule has 0 fully saturated rings. The Morgan fingerprint density at radius 3 is 1.96 bits per heavy atom. The second-order valence-corrected chi connectivity index (χ2v) is 15.1. The van der Waals surface area contributed by atoms with E-state index in [0.29, 0.717) is 23.5 Å². The van der Waals surface area contributed by atoms with Gasteiger partial charge in [-0.1, -0.05) is 106 Å². The smallest absolute Gasteiger partial charge is 0.164 e. The number of nitrogens with zero attached hydrogens (tertiary/aromatic N) is 7. The summed E-state index contributed by atoms with van der Waals surface area (Å²) in [6, 6.07) is 47.1. The maximum atomic E-state index is 5.19. The molecule has 1 aliphatic heterocycles. The van der Waals surface area contributed by atoms with E-state index >= 15 is 0 Å². The maximum absolute atomic E-state index is 5.19. The Bertz CT molecular complexity index is 2630. The molecule has 0 bridgehead atoms. The van der Waals surface area contributed by atoms with E-state index in [0.717, 1.165) is 51.3 Å². The highest BCUT2D eigenvalue weighted by atomic mass is 15.4. The number of hydrogen-bond acceptors (Lipinski definition) is 6. The predicted octanol–water partition coefficient (Wildman–Crippen LogP) is 11.0. The Morgan fingerprint density at radius 2 is 1.21 bits per heavy atom. The molecular formula is C46H41N7. The Balaban J connectivity index is 1.20. The van der Waals surface area contributed by atoms with Crippen LogP contribution in [0, 0.1) is 0 Å². The summed E-state index contributed by atoms with van der Waals surface area (Å²) in [5, 5.41) is 2.33. The normalized spacial score (nSPS) is 13.0. The number of benzene rings is 5. The van der Waals surface area contributed by atoms with Crippen LogP contribution in [0.4, 0.5) is 17.1 Å². The fourth-order valence-electron chi connectivity index (χ4n) is 7.43. The van der Waals surface area contributed by atoms with Crippen molar-refractivity contribution < 1.29 is 0 Å². The van der Waals surface area contributed by atoms with Crippen molar-refractivity contribution in [3.8, 4) is 40.0 Å². The number of rotatable bonds is 6. The van der Waals surface area contributed by atoms with Crippen LogP contribution in [0.3, 0.4) is 0 Å². The number of para-hydroxylation sites is 3. The third-order valence-corrected chi connectivity index (χ3v) is 10.3. The monoisotopic (exact) mass is 691 g/mol. The molecule has 260 valence electrons. The van der Waals surface area contributed by atoms with Crippen molar-refractivity contribution in [1.82, 2.24) is 24.5 Å². The van der Waals surface area contributed by atoms with Crippen LogP contribution in [0.15, 0.2) is 140 Å². The summed E-state index contributed by atoms with van der Waals surface area (Å²) in [6.45, 7) is 12.0. The molecule has 7 nitrogen and oxygen atoms in total. The fraction of sp³-hybridized carbons (Fsp3) is 0.174. The van der Waals surface area contributed by atoms with Crippen molar-refractivity contribution in [1.29, 1.82) is 0 Å². The minimum Gasteiger partial charge on any atom is -0.349 e. The summed E-state index contributed by atoms with van der Waals surface area (Å²) in [4.78, 5) is 25.1. The van der Waals surface area contributed by atoms with Crippen LogP contribution in [-0.2, 0) is 5.41 Å². The molecule has 4 heterocycles. The number of hydrogen-bond donors (Lipinski definition) is 0. The largest absolute Gasteiger partial charge is 0.349 e. The third-order valence-electron chi connectivity index (χ3n) is 10.3. The Labute approximate surface area is 310 Å². The molecule has 0 unspecified atom stereocenters. The van der Waals surface area contributed by atoms with Gasteiger partial charge in [0.25, 0.3) is 0 Å². The van der Waals surface area contributed by atoms with Crippen molar-refractivity contribution >= 4 is 38.9 Å². The molecule has 0 saturated heterocycles. The molecule has 0 radical (unpaired) electrons. The lowest BCUT2D eigenvalue weighted by molar-refractivity contribution is 0.588. The Hall–Kier alpha value is -6.34. The van der Waals surface area contributed by atoms with Crippen molar-refractivity contribution in [2.24, 2.45) is 0 Å². The number of anilines is 3. The van der Waals surface area contributed by atoms with Gasteiger partial charge in [0.15, 0.2) is 17.5 Å². The fourth-order valence-corrected chi connectivity index (χ4v) is 7.43. The highest BCUT2D eigenvalue weighted by molar-refractivity contribution is 6.10. The van der Waals surface area contributed by atoms with Gasteiger partial charge in [0.2, 0.25) is 0 Å². The first-order valence-corrected chi connectivity index (χ1v) is 18.3. The second-order valence-electron chi connectivity index (χ2n) is 15.1. The molecule has 3 aromatic heterocycles. The van der Waals surface area contributed by atoms with Crippen LogP contribution in [0.25, 0.3) is 61.8 Å². The molecule has 0 atom stereocenters. The van der Waals surface area contributed by atoms with E-state index in [1.165, 1.54) is 22.3 Å². The summed E-state index contributed by atoms with van der Waals surface area (Å²) in [7, 11) is 0. The van der Waals surface area contributed by atoms with Gasteiger partial charge >= 0.3 is 0 Å². The first-order valence-electron chi connectivity index (χ1n) is 18.3. The molecule has 0 spiro atoms. The van der Waals surface area contributed by atoms with Gasteiger partial charge in [0, 0.05) is 45.4 Å². The Morgan fingerprint density at radius 1 is 0.566 bits per heavy atom. The van der Waals surface area contributed by atoms with Crippen LogP contribution >= 0.6 is 0 Å². The molecule has 7 heteroatoms. The summed E-state index contributed by atoms with van der Waals surface area (Å²) in [5.41, 5.74) is 9.70. The summed E-state index contributed by atoms with van der Waals surface area (Å²) >= 11 is 0. The molecule has 1 aliphatic rings. The number of aromatic nitrogens is 5. The first kappa shape index (κ1) is 32.6. The average molecular weight is 692 g/mol. The number of fused-ring (bicyclic) bond motifs is 4. The summed E-state index contributed by atoms with van der Waals surface area (Å²) in [5.74, 6) is 2.77. The highest BCUT2D eigenvalue weighted by Gasteiger charge is 2.28. The standard InChI is InChI=1S/C46H41N7/c1-30(2)51-29-52(40-21-12-11-20-39(40)51)35-17-13-16-32(26-35)44-48-43(31-14-7-6-8-15-31)49-45(50-44)33-22-23-37-36-18-9-10-19-38(36)53(41(37)27-33)42-28-34(24-25-47-42)46(3,4)5/h6-28,30H,29H2,1-5H3. The lowest BCUT2D eigenvalue weighted by atomic mass is 9.88. The lowest BCUT2D eigenvalue weighted by Crippen LogP contribution is -2.33. The molecule has 9 rings (SSSR count). The average Bonchev–Trinajstić information content (AvgIpc) is 3.74. The maximum Gasteiger partial charge on any atom is 0.164 e. The van der Waals surface area contributed by atoms with Gasteiger partial charge in [-0.05, 0) is 73.4 Å². The van der Waals surface area contributed by atoms with E-state index in [9.17, 15) is 0 Å². The van der Waals surface area contributed by atoms with E-state index in [1.54, 1.807) is 0 Å². The molecule has 0 amide bonds. The van der Waals surface area contributed by atoms with Crippen LogP contribution < -0.4 is 9.80 Å². The van der Waals surface area contributed by atoms with Crippen molar-refractivity contribution in [3.63, 3.8) is 0 Å². The zero-order valence-corrected chi connectivity index (χ0v) is 30.7. The predicted molar refractivity (Wildman–Crippen MR) is 218 cm³/mol. The molecule has 53 heavy (non-hydrogen) atoms. The first-order chi connectivity index (χ1) is 25.7. The van der Waals surface area contributed by atoms with Crippen molar-refractivity contribution in [2.45, 2.75) is 46.1 Å². The van der Waals surface area contributed by atoms with E-state index in [1.807, 2.05) is 24.4 Å². The van der Waals surface area contributed by atoms with E-state index < -0.39 is 0 Å². The van der Waals surface area contributed by atoms with Crippen LogP contribution in [0.1, 0.15) is 40.2 Å². The van der Waals surface area contributed by atoms with Gasteiger partial charge in [-0.2, -0.15) is 0 Å². The molecule has 0 N–H and O–H groups in total.